The highest BCUT2D eigenvalue weighted by Crippen LogP contribution is 2.33. The lowest BCUT2D eigenvalue weighted by molar-refractivity contribution is -0.123. The highest BCUT2D eigenvalue weighted by molar-refractivity contribution is 6.94. The standard InChI is InChI=1S/C8H18Cl3NOSi2/c1-14(2,3)12(15(4,5)6)7(13)8(9,10)11/h1-6H3. The number of halogens is 3. The first kappa shape index (κ1) is 15.8. The van der Waals surface area contributed by atoms with Crippen LogP contribution in [0.25, 0.3) is 0 Å². The third-order valence-electron chi connectivity index (χ3n) is 1.79. The summed E-state index contributed by atoms with van der Waals surface area (Å²) in [5.41, 5.74) is 0. The van der Waals surface area contributed by atoms with Gasteiger partial charge in [0.1, 0.15) is 16.5 Å². The molecule has 0 radical (unpaired) electrons. The molecule has 0 fully saturated rings. The van der Waals surface area contributed by atoms with Gasteiger partial charge in [0, 0.05) is 0 Å². The summed E-state index contributed by atoms with van der Waals surface area (Å²) in [6, 6.07) is 0. The Morgan fingerprint density at radius 1 is 0.933 bits per heavy atom. The van der Waals surface area contributed by atoms with Gasteiger partial charge in [0.05, 0.1) is 0 Å². The van der Waals surface area contributed by atoms with Gasteiger partial charge in [-0.15, -0.1) is 0 Å². The molecule has 0 aliphatic rings. The predicted octanol–water partition coefficient (Wildman–Crippen LogP) is 3.86. The molecule has 15 heavy (non-hydrogen) atoms. The molecule has 90 valence electrons. The summed E-state index contributed by atoms with van der Waals surface area (Å²) < 4.78 is 0.0353. The second kappa shape index (κ2) is 4.57. The number of alkyl halides is 3. The smallest absolute Gasteiger partial charge is 0.267 e. The zero-order chi connectivity index (χ0) is 12.7. The fourth-order valence-electron chi connectivity index (χ4n) is 1.74. The predicted molar refractivity (Wildman–Crippen MR) is 73.8 cm³/mol. The van der Waals surface area contributed by atoms with E-state index < -0.39 is 20.3 Å². The molecule has 0 bridgehead atoms. The number of carbonyl (C=O) groups is 1. The molecule has 0 atom stereocenters. The molecule has 7 heteroatoms. The summed E-state index contributed by atoms with van der Waals surface area (Å²) in [6.07, 6.45) is 0. The summed E-state index contributed by atoms with van der Waals surface area (Å²) in [7, 11) is -3.61. The Hall–Kier alpha value is 0.774. The van der Waals surface area contributed by atoms with E-state index in [-0.39, 0.29) is 5.91 Å². The van der Waals surface area contributed by atoms with Gasteiger partial charge in [-0.25, -0.2) is 0 Å². The molecule has 0 rings (SSSR count). The first-order chi connectivity index (χ1) is 6.28. The second-order valence-corrected chi connectivity index (χ2v) is 17.8. The van der Waals surface area contributed by atoms with Gasteiger partial charge in [0.2, 0.25) is 0 Å². The molecule has 0 saturated carbocycles. The topological polar surface area (TPSA) is 20.3 Å². The van der Waals surface area contributed by atoms with Crippen LogP contribution in [0.15, 0.2) is 0 Å². The average Bonchev–Trinajstić information content (AvgIpc) is 1.76. The van der Waals surface area contributed by atoms with Gasteiger partial charge in [-0.3, -0.25) is 4.79 Å². The van der Waals surface area contributed by atoms with Crippen LogP contribution < -0.4 is 0 Å². The summed E-state index contributed by atoms with van der Waals surface area (Å²) >= 11 is 17.0. The molecule has 0 heterocycles. The van der Waals surface area contributed by atoms with Crippen LogP contribution >= 0.6 is 34.8 Å². The van der Waals surface area contributed by atoms with Crippen molar-refractivity contribution in [3.05, 3.63) is 0 Å². The molecule has 0 N–H and O–H groups in total. The van der Waals surface area contributed by atoms with E-state index in [9.17, 15) is 4.79 Å². The van der Waals surface area contributed by atoms with Crippen molar-refractivity contribution < 1.29 is 4.79 Å². The minimum Gasteiger partial charge on any atom is -0.392 e. The summed E-state index contributed by atoms with van der Waals surface area (Å²) in [6.45, 7) is 12.5. The minimum atomic E-state index is -1.83. The Labute approximate surface area is 109 Å². The monoisotopic (exact) mass is 305 g/mol. The van der Waals surface area contributed by atoms with Gasteiger partial charge in [0.15, 0.2) is 0 Å². The van der Waals surface area contributed by atoms with Gasteiger partial charge < -0.3 is 4.23 Å². The Morgan fingerprint density at radius 3 is 1.27 bits per heavy atom. The van der Waals surface area contributed by atoms with E-state index in [0.717, 1.165) is 0 Å². The van der Waals surface area contributed by atoms with Gasteiger partial charge in [-0.2, -0.15) is 0 Å². The van der Waals surface area contributed by atoms with E-state index in [0.29, 0.717) is 0 Å². The molecule has 0 aliphatic carbocycles. The van der Waals surface area contributed by atoms with Crippen LogP contribution in [0, 0.1) is 0 Å². The van der Waals surface area contributed by atoms with Crippen molar-refractivity contribution in [2.24, 2.45) is 0 Å². The molecular weight excluding hydrogens is 289 g/mol. The van der Waals surface area contributed by atoms with Crippen molar-refractivity contribution >= 4 is 57.2 Å². The fourth-order valence-corrected chi connectivity index (χ4v) is 12.0. The fraction of sp³-hybridized carbons (Fsp3) is 0.875. The Kier molecular flexibility index (Phi) is 4.80. The number of hydrogen-bond acceptors (Lipinski definition) is 1. The molecule has 0 aromatic carbocycles. The highest BCUT2D eigenvalue weighted by atomic mass is 35.6. The lowest BCUT2D eigenvalue weighted by atomic mass is 10.7. The summed E-state index contributed by atoms with van der Waals surface area (Å²) in [5.74, 6) is -0.370. The largest absolute Gasteiger partial charge is 0.392 e. The normalized spacial score (nSPS) is 13.9. The zero-order valence-electron chi connectivity index (χ0n) is 9.99. The lowest BCUT2D eigenvalue weighted by Crippen LogP contribution is -2.64. The van der Waals surface area contributed by atoms with Gasteiger partial charge >= 0.3 is 0 Å². The number of hydrogen-bond donors (Lipinski definition) is 0. The Balaban J connectivity index is 5.26. The van der Waals surface area contributed by atoms with Crippen molar-refractivity contribution in [3.8, 4) is 0 Å². The van der Waals surface area contributed by atoms with Crippen LogP contribution in [0.4, 0.5) is 0 Å². The van der Waals surface area contributed by atoms with E-state index in [1.165, 1.54) is 0 Å². The molecule has 0 aromatic heterocycles. The highest BCUT2D eigenvalue weighted by Gasteiger charge is 2.45. The third-order valence-corrected chi connectivity index (χ3v) is 9.39. The van der Waals surface area contributed by atoms with Crippen molar-refractivity contribution in [3.63, 3.8) is 0 Å². The van der Waals surface area contributed by atoms with Crippen LogP contribution in [0.2, 0.25) is 39.3 Å². The lowest BCUT2D eigenvalue weighted by Gasteiger charge is -2.45. The van der Waals surface area contributed by atoms with Crippen LogP contribution in [0.1, 0.15) is 0 Å². The van der Waals surface area contributed by atoms with Crippen LogP contribution in [-0.4, -0.2) is 30.4 Å². The van der Waals surface area contributed by atoms with Crippen LogP contribution in [0.5, 0.6) is 0 Å². The van der Waals surface area contributed by atoms with Crippen LogP contribution in [0.3, 0.4) is 0 Å². The molecule has 0 aromatic rings. The second-order valence-electron chi connectivity index (χ2n) is 5.48. The van der Waals surface area contributed by atoms with Crippen molar-refractivity contribution in [2.75, 3.05) is 0 Å². The number of nitrogens with zero attached hydrogens (tertiary/aromatic N) is 1. The number of rotatable bonds is 2. The van der Waals surface area contributed by atoms with E-state index in [4.69, 9.17) is 34.8 Å². The van der Waals surface area contributed by atoms with E-state index in [1.54, 1.807) is 0 Å². The third kappa shape index (κ3) is 4.65. The number of amides is 1. The van der Waals surface area contributed by atoms with E-state index >= 15 is 0 Å². The molecular formula is C8H18Cl3NOSi2. The summed E-state index contributed by atoms with van der Waals surface area (Å²) in [5, 5.41) is 0. The zero-order valence-corrected chi connectivity index (χ0v) is 14.3. The maximum absolute atomic E-state index is 12.1. The number of carbonyl (C=O) groups excluding carboxylic acids is 1. The average molecular weight is 307 g/mol. The molecule has 0 unspecified atom stereocenters. The van der Waals surface area contributed by atoms with Crippen LogP contribution in [-0.2, 0) is 4.79 Å². The molecule has 0 spiro atoms. The van der Waals surface area contributed by atoms with Crippen molar-refractivity contribution in [1.29, 1.82) is 0 Å². The quantitative estimate of drug-likeness (QED) is 0.560. The first-order valence-electron chi connectivity index (χ1n) is 4.69. The first-order valence-corrected chi connectivity index (χ1v) is 12.7. The minimum absolute atomic E-state index is 0.370. The summed E-state index contributed by atoms with van der Waals surface area (Å²) in [4.78, 5) is 12.1. The van der Waals surface area contributed by atoms with Gasteiger partial charge in [0.25, 0.3) is 9.70 Å². The molecule has 0 saturated heterocycles. The maximum Gasteiger partial charge on any atom is 0.267 e. The SMILES string of the molecule is C[Si](C)(C)N(C(=O)C(Cl)(Cl)Cl)[Si](C)(C)C. The van der Waals surface area contributed by atoms with E-state index in [2.05, 4.69) is 39.3 Å². The van der Waals surface area contributed by atoms with Gasteiger partial charge in [-0.05, 0) is 0 Å². The Morgan fingerprint density at radius 2 is 1.20 bits per heavy atom. The van der Waals surface area contributed by atoms with Crippen molar-refractivity contribution in [1.82, 2.24) is 4.23 Å². The van der Waals surface area contributed by atoms with Crippen molar-refractivity contribution in [2.45, 2.75) is 43.1 Å². The van der Waals surface area contributed by atoms with E-state index in [1.807, 2.05) is 4.23 Å². The molecule has 2 nitrogen and oxygen atoms in total. The Bertz CT molecular complexity index is 238. The molecule has 0 aliphatic heterocycles. The van der Waals surface area contributed by atoms with Gasteiger partial charge in [-0.1, -0.05) is 74.1 Å². The molecule has 1 amide bonds. The maximum atomic E-state index is 12.1.